The van der Waals surface area contributed by atoms with E-state index >= 15 is 0 Å². The van der Waals surface area contributed by atoms with Gasteiger partial charge in [-0.15, -0.1) is 0 Å². The normalized spacial score (nSPS) is 19.1. The predicted molar refractivity (Wildman–Crippen MR) is 86.7 cm³/mol. The lowest BCUT2D eigenvalue weighted by molar-refractivity contribution is -0.142. The van der Waals surface area contributed by atoms with Crippen molar-refractivity contribution in [2.75, 3.05) is 24.5 Å². The number of nitrogens with zero attached hydrogens (tertiary/aromatic N) is 2. The smallest absolute Gasteiger partial charge is 0.242 e. The zero-order chi connectivity index (χ0) is 15.7. The Morgan fingerprint density at radius 1 is 1.23 bits per heavy atom. The molecule has 1 heterocycles. The second-order valence-corrected chi connectivity index (χ2v) is 6.47. The lowest BCUT2D eigenvalue weighted by atomic mass is 10.0. The van der Waals surface area contributed by atoms with Gasteiger partial charge in [0.2, 0.25) is 11.8 Å². The van der Waals surface area contributed by atoms with E-state index in [0.29, 0.717) is 19.4 Å². The number of hydrogen-bond donors (Lipinski definition) is 0. The highest BCUT2D eigenvalue weighted by molar-refractivity contribution is 6.14. The van der Waals surface area contributed by atoms with Gasteiger partial charge in [0.15, 0.2) is 0 Å². The van der Waals surface area contributed by atoms with Gasteiger partial charge >= 0.3 is 0 Å². The Bertz CT molecular complexity index is 587. The van der Waals surface area contributed by atoms with Crippen LogP contribution in [-0.4, -0.2) is 36.3 Å². The number of hydrogen-bond acceptors (Lipinski definition) is 2. The van der Waals surface area contributed by atoms with E-state index in [2.05, 4.69) is 0 Å². The number of benzene rings is 1. The summed E-state index contributed by atoms with van der Waals surface area (Å²) in [7, 11) is 0. The molecule has 1 saturated heterocycles. The van der Waals surface area contributed by atoms with Crippen molar-refractivity contribution in [3.8, 4) is 0 Å². The standard InChI is InChI=1S/C18H24N2O2/c1-3-20(15-8-6-7-14(2)13-15)17(22)18(9-10-18)16(21)19-11-4-5-12-19/h6-8,13H,3-5,9-12H2,1-2H3. The number of anilines is 1. The molecule has 2 aliphatic rings. The lowest BCUT2D eigenvalue weighted by Gasteiger charge is -2.28. The Morgan fingerprint density at radius 2 is 1.91 bits per heavy atom. The molecule has 0 N–H and O–H groups in total. The molecule has 0 radical (unpaired) electrons. The molecule has 1 aliphatic carbocycles. The number of carbonyl (C=O) groups excluding carboxylic acids is 2. The zero-order valence-corrected chi connectivity index (χ0v) is 13.5. The van der Waals surface area contributed by atoms with Gasteiger partial charge in [-0.05, 0) is 57.2 Å². The Hall–Kier alpha value is -1.84. The van der Waals surface area contributed by atoms with Crippen LogP contribution in [0.5, 0.6) is 0 Å². The van der Waals surface area contributed by atoms with Crippen molar-refractivity contribution in [3.63, 3.8) is 0 Å². The molecule has 0 unspecified atom stereocenters. The van der Waals surface area contributed by atoms with Gasteiger partial charge in [-0.2, -0.15) is 0 Å². The maximum absolute atomic E-state index is 13.0. The van der Waals surface area contributed by atoms with Crippen molar-refractivity contribution in [2.24, 2.45) is 5.41 Å². The van der Waals surface area contributed by atoms with Crippen LogP contribution >= 0.6 is 0 Å². The van der Waals surface area contributed by atoms with Crippen LogP contribution in [0.4, 0.5) is 5.69 Å². The highest BCUT2D eigenvalue weighted by Gasteiger charge is 2.59. The molecule has 1 aromatic carbocycles. The summed E-state index contributed by atoms with van der Waals surface area (Å²) in [4.78, 5) is 29.5. The Kier molecular flexibility index (Phi) is 3.94. The highest BCUT2D eigenvalue weighted by Crippen LogP contribution is 2.49. The summed E-state index contributed by atoms with van der Waals surface area (Å²) in [6, 6.07) is 7.94. The van der Waals surface area contributed by atoms with Crippen molar-refractivity contribution in [1.82, 2.24) is 4.90 Å². The summed E-state index contributed by atoms with van der Waals surface area (Å²) >= 11 is 0. The third-order valence-corrected chi connectivity index (χ3v) is 4.84. The van der Waals surface area contributed by atoms with E-state index in [4.69, 9.17) is 0 Å². The summed E-state index contributed by atoms with van der Waals surface area (Å²) in [6.45, 7) is 6.20. The summed E-state index contributed by atoms with van der Waals surface area (Å²) in [5, 5.41) is 0. The quantitative estimate of drug-likeness (QED) is 0.802. The van der Waals surface area contributed by atoms with E-state index in [1.807, 2.05) is 43.0 Å². The van der Waals surface area contributed by atoms with Crippen LogP contribution in [0.1, 0.15) is 38.2 Å². The van der Waals surface area contributed by atoms with Gasteiger partial charge in [-0.3, -0.25) is 9.59 Å². The first-order valence-corrected chi connectivity index (χ1v) is 8.26. The Morgan fingerprint density at radius 3 is 2.45 bits per heavy atom. The van der Waals surface area contributed by atoms with E-state index in [1.54, 1.807) is 4.90 Å². The summed E-state index contributed by atoms with van der Waals surface area (Å²) < 4.78 is 0. The second-order valence-electron chi connectivity index (χ2n) is 6.47. The Balaban J connectivity index is 1.83. The van der Waals surface area contributed by atoms with Gasteiger partial charge in [0.25, 0.3) is 0 Å². The fraction of sp³-hybridized carbons (Fsp3) is 0.556. The minimum atomic E-state index is -0.774. The average Bonchev–Trinajstić information content (AvgIpc) is 3.14. The van der Waals surface area contributed by atoms with Crippen molar-refractivity contribution in [1.29, 1.82) is 0 Å². The van der Waals surface area contributed by atoms with E-state index in [9.17, 15) is 9.59 Å². The van der Waals surface area contributed by atoms with Crippen LogP contribution in [0.3, 0.4) is 0 Å². The molecule has 4 heteroatoms. The first-order valence-electron chi connectivity index (χ1n) is 8.26. The molecule has 0 bridgehead atoms. The van der Waals surface area contributed by atoms with E-state index in [-0.39, 0.29) is 11.8 Å². The molecule has 0 aromatic heterocycles. The number of amides is 2. The molecule has 0 spiro atoms. The van der Waals surface area contributed by atoms with Crippen LogP contribution in [0.2, 0.25) is 0 Å². The van der Waals surface area contributed by atoms with Crippen LogP contribution in [0.15, 0.2) is 24.3 Å². The topological polar surface area (TPSA) is 40.6 Å². The van der Waals surface area contributed by atoms with Crippen molar-refractivity contribution in [3.05, 3.63) is 29.8 Å². The first kappa shape index (κ1) is 15.1. The minimum absolute atomic E-state index is 0.0162. The van der Waals surface area contributed by atoms with Gasteiger partial charge in [-0.1, -0.05) is 12.1 Å². The summed E-state index contributed by atoms with van der Waals surface area (Å²) in [5.74, 6) is 0.0404. The van der Waals surface area contributed by atoms with Gasteiger partial charge in [0, 0.05) is 25.3 Å². The Labute approximate surface area is 132 Å². The average molecular weight is 300 g/mol. The number of rotatable bonds is 4. The highest BCUT2D eigenvalue weighted by atomic mass is 16.2. The van der Waals surface area contributed by atoms with Gasteiger partial charge < -0.3 is 9.80 Å². The third kappa shape index (κ3) is 2.51. The third-order valence-electron chi connectivity index (χ3n) is 4.84. The van der Waals surface area contributed by atoms with Crippen LogP contribution < -0.4 is 4.90 Å². The molecule has 1 saturated carbocycles. The lowest BCUT2D eigenvalue weighted by Crippen LogP contribution is -2.46. The fourth-order valence-corrected chi connectivity index (χ4v) is 3.36. The molecule has 22 heavy (non-hydrogen) atoms. The molecular formula is C18H24N2O2. The molecule has 118 valence electrons. The van der Waals surface area contributed by atoms with Gasteiger partial charge in [-0.25, -0.2) is 0 Å². The number of aryl methyl sites for hydroxylation is 1. The van der Waals surface area contributed by atoms with Gasteiger partial charge in [0.1, 0.15) is 5.41 Å². The summed E-state index contributed by atoms with van der Waals surface area (Å²) in [5.41, 5.74) is 1.25. The van der Waals surface area contributed by atoms with Gasteiger partial charge in [0.05, 0.1) is 0 Å². The maximum atomic E-state index is 13.0. The predicted octanol–water partition coefficient (Wildman–Crippen LogP) is 2.75. The van der Waals surface area contributed by atoms with Crippen molar-refractivity contribution < 1.29 is 9.59 Å². The summed E-state index contributed by atoms with van der Waals surface area (Å²) in [6.07, 6.45) is 3.52. The fourth-order valence-electron chi connectivity index (χ4n) is 3.36. The molecule has 2 amide bonds. The van der Waals surface area contributed by atoms with Crippen molar-refractivity contribution >= 4 is 17.5 Å². The molecule has 1 aliphatic heterocycles. The van der Waals surface area contributed by atoms with E-state index in [1.165, 1.54) is 0 Å². The van der Waals surface area contributed by atoms with E-state index < -0.39 is 5.41 Å². The minimum Gasteiger partial charge on any atom is -0.342 e. The van der Waals surface area contributed by atoms with Crippen LogP contribution in [-0.2, 0) is 9.59 Å². The number of likely N-dealkylation sites (tertiary alicyclic amines) is 1. The molecular weight excluding hydrogens is 276 g/mol. The molecule has 3 rings (SSSR count). The first-order chi connectivity index (χ1) is 10.6. The number of carbonyl (C=O) groups is 2. The molecule has 0 atom stereocenters. The molecule has 1 aromatic rings. The molecule has 2 fully saturated rings. The largest absolute Gasteiger partial charge is 0.342 e. The monoisotopic (exact) mass is 300 g/mol. The maximum Gasteiger partial charge on any atom is 0.242 e. The second kappa shape index (κ2) is 5.75. The van der Waals surface area contributed by atoms with E-state index in [0.717, 1.165) is 37.2 Å². The molecule has 4 nitrogen and oxygen atoms in total. The van der Waals surface area contributed by atoms with Crippen molar-refractivity contribution in [2.45, 2.75) is 39.5 Å². The zero-order valence-electron chi connectivity index (χ0n) is 13.5. The SMILES string of the molecule is CCN(C(=O)C1(C(=O)N2CCCC2)CC1)c1cccc(C)c1. The van der Waals surface area contributed by atoms with Crippen LogP contribution in [0.25, 0.3) is 0 Å². The van der Waals surface area contributed by atoms with Crippen LogP contribution in [0, 0.1) is 12.3 Å².